The summed E-state index contributed by atoms with van der Waals surface area (Å²) in [4.78, 5) is 46.4. The highest BCUT2D eigenvalue weighted by atomic mass is 35.5. The third kappa shape index (κ3) is 8.51. The third-order valence-corrected chi connectivity index (χ3v) is 11.3. The first-order valence-corrected chi connectivity index (χ1v) is 18.3. The molecule has 11 nitrogen and oxygen atoms in total. The molecule has 2 heterocycles. The molecule has 0 spiro atoms. The van der Waals surface area contributed by atoms with Gasteiger partial charge in [0, 0.05) is 30.7 Å². The number of hydrogen-bond donors (Lipinski definition) is 2. The number of aliphatic imine (C=N–C) groups is 1. The van der Waals surface area contributed by atoms with E-state index in [2.05, 4.69) is 22.4 Å². The second kappa shape index (κ2) is 16.5. The van der Waals surface area contributed by atoms with Crippen LogP contribution in [-0.2, 0) is 24.8 Å². The van der Waals surface area contributed by atoms with Crippen LogP contribution in [-0.4, -0.2) is 79.4 Å². The number of nitrogens with zero attached hydrogens (tertiary/aromatic N) is 5. The number of ether oxygens (including phenoxy) is 1. The SMILES string of the molecule is CCCCOC(=O)C(CC(C)(CC)C(=O)NC1=NN(C2C(Cl)CC(Cl)CC2Cl)C(=O)C1(N)n1cccn1)=NCC(C)C1CCCCC1. The van der Waals surface area contributed by atoms with Crippen molar-refractivity contribution in [3.63, 3.8) is 0 Å². The summed E-state index contributed by atoms with van der Waals surface area (Å²) in [6.45, 7) is 8.59. The fourth-order valence-corrected chi connectivity index (χ4v) is 8.23. The van der Waals surface area contributed by atoms with E-state index in [1.165, 1.54) is 54.2 Å². The van der Waals surface area contributed by atoms with Gasteiger partial charge in [-0.3, -0.25) is 20.3 Å². The van der Waals surface area contributed by atoms with E-state index in [9.17, 15) is 14.4 Å². The summed E-state index contributed by atoms with van der Waals surface area (Å²) in [5.74, 6) is -0.876. The van der Waals surface area contributed by atoms with Crippen molar-refractivity contribution >= 4 is 64.1 Å². The van der Waals surface area contributed by atoms with Crippen LogP contribution < -0.4 is 11.1 Å². The second-order valence-corrected chi connectivity index (χ2v) is 15.3. The minimum absolute atomic E-state index is 0.0369. The Labute approximate surface area is 293 Å². The molecule has 1 aromatic heterocycles. The van der Waals surface area contributed by atoms with Gasteiger partial charge in [0.25, 0.3) is 11.6 Å². The molecule has 5 unspecified atom stereocenters. The lowest BCUT2D eigenvalue weighted by Crippen LogP contribution is -2.63. The van der Waals surface area contributed by atoms with Gasteiger partial charge in [0.15, 0.2) is 5.84 Å². The van der Waals surface area contributed by atoms with Gasteiger partial charge in [0.05, 0.1) is 28.8 Å². The van der Waals surface area contributed by atoms with Crippen molar-refractivity contribution in [2.45, 2.75) is 126 Å². The van der Waals surface area contributed by atoms with Crippen LogP contribution in [0.4, 0.5) is 0 Å². The van der Waals surface area contributed by atoms with E-state index in [0.29, 0.717) is 37.6 Å². The third-order valence-electron chi connectivity index (χ3n) is 10.1. The summed E-state index contributed by atoms with van der Waals surface area (Å²) in [5, 5.41) is 11.4. The van der Waals surface area contributed by atoms with Gasteiger partial charge in [-0.25, -0.2) is 14.5 Å². The first kappa shape index (κ1) is 37.6. The Morgan fingerprint density at radius 1 is 1.19 bits per heavy atom. The molecule has 0 aromatic carbocycles. The zero-order valence-electron chi connectivity index (χ0n) is 28.0. The van der Waals surface area contributed by atoms with Gasteiger partial charge < -0.3 is 10.1 Å². The molecule has 262 valence electrons. The van der Waals surface area contributed by atoms with Crippen LogP contribution in [0.15, 0.2) is 28.6 Å². The Morgan fingerprint density at radius 3 is 2.47 bits per heavy atom. The summed E-state index contributed by atoms with van der Waals surface area (Å²) >= 11 is 19.7. The van der Waals surface area contributed by atoms with E-state index < -0.39 is 45.7 Å². The highest BCUT2D eigenvalue weighted by Gasteiger charge is 2.56. The average Bonchev–Trinajstić information content (AvgIpc) is 3.67. The molecule has 47 heavy (non-hydrogen) atoms. The van der Waals surface area contributed by atoms with Gasteiger partial charge in [-0.1, -0.05) is 66.2 Å². The Morgan fingerprint density at radius 2 is 1.87 bits per heavy atom. The van der Waals surface area contributed by atoms with Crippen LogP contribution in [0.5, 0.6) is 0 Å². The number of nitrogens with two attached hydrogens (primary N) is 1. The van der Waals surface area contributed by atoms with Crippen LogP contribution in [0.25, 0.3) is 0 Å². The molecule has 0 bridgehead atoms. The van der Waals surface area contributed by atoms with Crippen molar-refractivity contribution in [2.24, 2.45) is 33.1 Å². The summed E-state index contributed by atoms with van der Waals surface area (Å²) in [6.07, 6.45) is 11.9. The predicted molar refractivity (Wildman–Crippen MR) is 186 cm³/mol. The smallest absolute Gasteiger partial charge is 0.352 e. The molecular weight excluding hydrogens is 665 g/mol. The maximum absolute atomic E-state index is 14.2. The van der Waals surface area contributed by atoms with Gasteiger partial charge >= 0.3 is 5.97 Å². The number of esters is 1. The fourth-order valence-electron chi connectivity index (χ4n) is 6.59. The molecule has 2 aliphatic carbocycles. The standard InChI is InChI=1S/C33H50Cl3N7O4/c1-5-7-16-47-28(44)26(38-20-21(3)22-12-9-8-10-13-22)19-32(4,6-2)30(45)40-29-33(37,42-15-11-14-39-42)31(46)43(41-29)27-24(35)17-23(34)18-25(27)36/h11,14-15,21-25,27H,5-10,12-13,16-20,37H2,1-4H3,(H,40,41,45). The molecule has 1 aliphatic heterocycles. The average molecular weight is 715 g/mol. The van der Waals surface area contributed by atoms with E-state index >= 15 is 0 Å². The van der Waals surface area contributed by atoms with Gasteiger partial charge in [0.1, 0.15) is 5.71 Å². The van der Waals surface area contributed by atoms with E-state index in [4.69, 9.17) is 50.3 Å². The number of carbonyl (C=O) groups excluding carboxylic acids is 3. The van der Waals surface area contributed by atoms with E-state index in [1.807, 2.05) is 13.8 Å². The quantitative estimate of drug-likeness (QED) is 0.119. The zero-order chi connectivity index (χ0) is 34.4. The highest BCUT2D eigenvalue weighted by Crippen LogP contribution is 2.38. The van der Waals surface area contributed by atoms with Crippen molar-refractivity contribution < 1.29 is 19.1 Å². The molecule has 3 N–H and O–H groups in total. The first-order valence-electron chi connectivity index (χ1n) is 17.0. The maximum Gasteiger partial charge on any atom is 0.352 e. The summed E-state index contributed by atoms with van der Waals surface area (Å²) in [6, 6.07) is 0.906. The van der Waals surface area contributed by atoms with Crippen molar-refractivity contribution in [1.82, 2.24) is 20.1 Å². The largest absolute Gasteiger partial charge is 0.461 e. The van der Waals surface area contributed by atoms with Crippen LogP contribution >= 0.6 is 34.8 Å². The van der Waals surface area contributed by atoms with Crippen LogP contribution in [0.1, 0.15) is 98.3 Å². The van der Waals surface area contributed by atoms with Crippen molar-refractivity contribution in [2.75, 3.05) is 13.2 Å². The van der Waals surface area contributed by atoms with E-state index in [0.717, 1.165) is 12.8 Å². The minimum atomic E-state index is -1.97. The lowest BCUT2D eigenvalue weighted by molar-refractivity contribution is -0.138. The molecular formula is C33H50Cl3N7O4. The number of hydrogen-bond acceptors (Lipinski definition) is 8. The number of amides is 2. The minimum Gasteiger partial charge on any atom is -0.461 e. The molecule has 2 amide bonds. The van der Waals surface area contributed by atoms with Gasteiger partial charge in [-0.2, -0.15) is 10.2 Å². The molecule has 5 atom stereocenters. The Bertz CT molecular complexity index is 1290. The second-order valence-electron chi connectivity index (χ2n) is 13.6. The number of alkyl halides is 3. The van der Waals surface area contributed by atoms with Crippen LogP contribution in [0, 0.1) is 17.3 Å². The predicted octanol–water partition coefficient (Wildman–Crippen LogP) is 5.56. The van der Waals surface area contributed by atoms with Crippen molar-refractivity contribution in [1.29, 1.82) is 0 Å². The number of unbranched alkanes of at least 4 members (excludes halogenated alkanes) is 1. The first-order chi connectivity index (χ1) is 22.3. The normalized spacial score (nSPS) is 29.3. The molecule has 2 fully saturated rings. The van der Waals surface area contributed by atoms with E-state index in [-0.39, 0.29) is 30.0 Å². The summed E-state index contributed by atoms with van der Waals surface area (Å²) in [7, 11) is 0. The highest BCUT2D eigenvalue weighted by molar-refractivity contribution is 6.37. The maximum atomic E-state index is 14.2. The number of carbonyl (C=O) groups is 3. The monoisotopic (exact) mass is 713 g/mol. The number of hydrazone groups is 1. The van der Waals surface area contributed by atoms with Gasteiger partial charge in [0.2, 0.25) is 5.91 Å². The molecule has 3 aliphatic rings. The molecule has 2 saturated carbocycles. The zero-order valence-corrected chi connectivity index (χ0v) is 30.2. The van der Waals surface area contributed by atoms with Crippen molar-refractivity contribution in [3.8, 4) is 0 Å². The molecule has 0 saturated heterocycles. The lowest BCUT2D eigenvalue weighted by atomic mass is 9.80. The Balaban J connectivity index is 1.61. The van der Waals surface area contributed by atoms with Crippen molar-refractivity contribution in [3.05, 3.63) is 18.5 Å². The molecule has 4 rings (SSSR count). The van der Waals surface area contributed by atoms with Gasteiger partial charge in [-0.15, -0.1) is 34.8 Å². The Kier molecular flexibility index (Phi) is 13.2. The van der Waals surface area contributed by atoms with Gasteiger partial charge in [-0.05, 0) is 43.6 Å². The summed E-state index contributed by atoms with van der Waals surface area (Å²) < 4.78 is 6.84. The molecule has 14 heteroatoms. The number of halogens is 3. The molecule has 1 aromatic rings. The topological polar surface area (TPSA) is 144 Å². The molecule has 0 radical (unpaired) electrons. The Hall–Kier alpha value is -2.21. The van der Waals surface area contributed by atoms with E-state index in [1.54, 1.807) is 13.0 Å². The number of nitrogens with one attached hydrogen (secondary N) is 1. The number of rotatable bonds is 13. The van der Waals surface area contributed by atoms with Crippen LogP contribution in [0.3, 0.4) is 0 Å². The fraction of sp³-hybridized carbons (Fsp3) is 0.758. The van der Waals surface area contributed by atoms with Crippen LogP contribution in [0.2, 0.25) is 0 Å². The lowest BCUT2D eigenvalue weighted by Gasteiger charge is -2.38. The number of amidine groups is 1. The summed E-state index contributed by atoms with van der Waals surface area (Å²) in [5.41, 5.74) is 3.92. The number of aromatic nitrogens is 2.